The largest absolute Gasteiger partial charge is 0.379 e. The lowest BCUT2D eigenvalue weighted by molar-refractivity contribution is 0.102. The van der Waals surface area contributed by atoms with Crippen molar-refractivity contribution in [3.05, 3.63) is 41.9 Å². The molecule has 1 N–H and O–H groups in total. The lowest BCUT2D eigenvalue weighted by Crippen LogP contribution is -2.19. The molecule has 1 amide bonds. The molecule has 0 aliphatic carbocycles. The van der Waals surface area contributed by atoms with Gasteiger partial charge in [-0.2, -0.15) is 5.10 Å². The van der Waals surface area contributed by atoms with Crippen molar-refractivity contribution in [2.75, 3.05) is 32.6 Å². The fourth-order valence-electron chi connectivity index (χ4n) is 2.58. The summed E-state index contributed by atoms with van der Waals surface area (Å²) in [5, 5.41) is 7.19. The molecule has 0 bridgehead atoms. The first kappa shape index (κ1) is 15.6. The molecule has 2 aromatic heterocycles. The molecule has 0 radical (unpaired) electrons. The number of rotatable bonds is 5. The fourth-order valence-corrected chi connectivity index (χ4v) is 2.58. The summed E-state index contributed by atoms with van der Waals surface area (Å²) in [5.74, 6) is 0.498. The van der Waals surface area contributed by atoms with E-state index >= 15 is 0 Å². The Morgan fingerprint density at radius 2 is 2.30 bits per heavy atom. The molecule has 122 valence electrons. The van der Waals surface area contributed by atoms with Crippen molar-refractivity contribution < 1.29 is 9.53 Å². The molecule has 3 heterocycles. The van der Waals surface area contributed by atoms with Gasteiger partial charge in [0.1, 0.15) is 5.82 Å². The van der Waals surface area contributed by atoms with Crippen LogP contribution in [0.1, 0.15) is 28.5 Å². The zero-order valence-corrected chi connectivity index (χ0v) is 13.4. The van der Waals surface area contributed by atoms with E-state index in [9.17, 15) is 4.79 Å². The molecule has 3 rings (SSSR count). The Kier molecular flexibility index (Phi) is 4.68. The Hall–Kier alpha value is -2.25. The fraction of sp³-hybridized carbons (Fsp3) is 0.438. The van der Waals surface area contributed by atoms with E-state index in [1.54, 1.807) is 24.5 Å². The van der Waals surface area contributed by atoms with E-state index in [0.29, 0.717) is 18.0 Å². The van der Waals surface area contributed by atoms with Crippen molar-refractivity contribution in [3.63, 3.8) is 0 Å². The summed E-state index contributed by atoms with van der Waals surface area (Å²) >= 11 is 0. The predicted molar refractivity (Wildman–Crippen MR) is 86.3 cm³/mol. The third kappa shape index (κ3) is 3.75. The van der Waals surface area contributed by atoms with Gasteiger partial charge in [-0.25, -0.2) is 4.68 Å². The maximum atomic E-state index is 12.4. The van der Waals surface area contributed by atoms with Crippen LogP contribution in [-0.2, 0) is 11.3 Å². The van der Waals surface area contributed by atoms with Crippen LogP contribution in [0.2, 0.25) is 0 Å². The van der Waals surface area contributed by atoms with Gasteiger partial charge in [-0.15, -0.1) is 0 Å². The number of carbonyl (C=O) groups excluding carboxylic acids is 1. The lowest BCUT2D eigenvalue weighted by atomic mass is 10.2. The first-order valence-electron chi connectivity index (χ1n) is 7.66. The number of pyridine rings is 1. The SMILES string of the molecule is CN(C)Cc1ccc(C(=O)Nc2ccnn2[C@H]2CCOC2)cn1. The number of hydrogen-bond acceptors (Lipinski definition) is 5. The second kappa shape index (κ2) is 6.89. The van der Waals surface area contributed by atoms with Gasteiger partial charge < -0.3 is 15.0 Å². The van der Waals surface area contributed by atoms with E-state index in [2.05, 4.69) is 15.4 Å². The number of ether oxygens (including phenoxy) is 1. The van der Waals surface area contributed by atoms with Crippen molar-refractivity contribution >= 4 is 11.7 Å². The highest BCUT2D eigenvalue weighted by Gasteiger charge is 2.21. The van der Waals surface area contributed by atoms with E-state index in [1.165, 1.54) is 0 Å². The summed E-state index contributed by atoms with van der Waals surface area (Å²) in [6.07, 6.45) is 4.20. The number of nitrogens with one attached hydrogen (secondary N) is 1. The average molecular weight is 315 g/mol. The molecular weight excluding hydrogens is 294 g/mol. The normalized spacial score (nSPS) is 17.6. The van der Waals surface area contributed by atoms with Crippen LogP contribution in [0.3, 0.4) is 0 Å². The van der Waals surface area contributed by atoms with Crippen LogP contribution < -0.4 is 5.32 Å². The van der Waals surface area contributed by atoms with Gasteiger partial charge in [-0.3, -0.25) is 9.78 Å². The summed E-state index contributed by atoms with van der Waals surface area (Å²) < 4.78 is 7.20. The second-order valence-electron chi connectivity index (χ2n) is 5.91. The monoisotopic (exact) mass is 315 g/mol. The van der Waals surface area contributed by atoms with Crippen LogP contribution >= 0.6 is 0 Å². The van der Waals surface area contributed by atoms with Crippen molar-refractivity contribution in [1.29, 1.82) is 0 Å². The first-order chi connectivity index (χ1) is 11.1. The molecule has 7 nitrogen and oxygen atoms in total. The average Bonchev–Trinajstić information content (AvgIpc) is 3.18. The Morgan fingerprint density at radius 3 is 2.96 bits per heavy atom. The van der Waals surface area contributed by atoms with Crippen LogP contribution in [0.25, 0.3) is 0 Å². The number of anilines is 1. The molecule has 0 aromatic carbocycles. The predicted octanol–water partition coefficient (Wildman–Crippen LogP) is 1.55. The van der Waals surface area contributed by atoms with E-state index in [4.69, 9.17) is 4.74 Å². The summed E-state index contributed by atoms with van der Waals surface area (Å²) in [6, 6.07) is 5.64. The topological polar surface area (TPSA) is 72.3 Å². The van der Waals surface area contributed by atoms with Crippen molar-refractivity contribution in [2.45, 2.75) is 19.0 Å². The number of aromatic nitrogens is 3. The van der Waals surface area contributed by atoms with Gasteiger partial charge in [0, 0.05) is 25.4 Å². The molecule has 1 aliphatic heterocycles. The molecule has 1 saturated heterocycles. The molecule has 1 aliphatic rings. The van der Waals surface area contributed by atoms with Gasteiger partial charge in [0.15, 0.2) is 0 Å². The van der Waals surface area contributed by atoms with Crippen molar-refractivity contribution in [3.8, 4) is 0 Å². The third-order valence-corrected chi connectivity index (χ3v) is 3.73. The molecule has 1 atom stereocenters. The van der Waals surface area contributed by atoms with Gasteiger partial charge in [-0.1, -0.05) is 0 Å². The first-order valence-corrected chi connectivity index (χ1v) is 7.66. The Labute approximate surface area is 135 Å². The second-order valence-corrected chi connectivity index (χ2v) is 5.91. The summed E-state index contributed by atoms with van der Waals surface area (Å²) in [7, 11) is 3.96. The highest BCUT2D eigenvalue weighted by Crippen LogP contribution is 2.22. The standard InChI is InChI=1S/C16H21N5O2/c1-20(2)10-13-4-3-12(9-17-13)16(22)19-15-5-7-18-21(15)14-6-8-23-11-14/h3-5,7,9,14H,6,8,10-11H2,1-2H3,(H,19,22)/t14-/m0/s1. The van der Waals surface area contributed by atoms with E-state index in [0.717, 1.165) is 25.3 Å². The minimum atomic E-state index is -0.186. The van der Waals surface area contributed by atoms with Crippen LogP contribution in [0.5, 0.6) is 0 Å². The number of hydrogen-bond donors (Lipinski definition) is 1. The van der Waals surface area contributed by atoms with Gasteiger partial charge in [0.25, 0.3) is 5.91 Å². The van der Waals surface area contributed by atoms with E-state index in [-0.39, 0.29) is 11.9 Å². The molecule has 0 saturated carbocycles. The quantitative estimate of drug-likeness (QED) is 0.906. The van der Waals surface area contributed by atoms with Crippen molar-refractivity contribution in [1.82, 2.24) is 19.7 Å². The van der Waals surface area contributed by atoms with Crippen LogP contribution in [-0.4, -0.2) is 52.9 Å². The Bertz CT molecular complexity index is 659. The molecule has 1 fully saturated rings. The van der Waals surface area contributed by atoms with Gasteiger partial charge >= 0.3 is 0 Å². The lowest BCUT2D eigenvalue weighted by Gasteiger charge is -2.13. The highest BCUT2D eigenvalue weighted by molar-refractivity contribution is 6.03. The maximum Gasteiger partial charge on any atom is 0.258 e. The Morgan fingerprint density at radius 1 is 1.43 bits per heavy atom. The molecular formula is C16H21N5O2. The molecule has 0 spiro atoms. The minimum Gasteiger partial charge on any atom is -0.379 e. The number of nitrogens with zero attached hydrogens (tertiary/aromatic N) is 4. The third-order valence-electron chi connectivity index (χ3n) is 3.73. The summed E-state index contributed by atoms with van der Waals surface area (Å²) in [5.41, 5.74) is 1.46. The zero-order valence-electron chi connectivity index (χ0n) is 13.4. The smallest absolute Gasteiger partial charge is 0.258 e. The van der Waals surface area contributed by atoms with Gasteiger partial charge in [-0.05, 0) is 32.6 Å². The summed E-state index contributed by atoms with van der Waals surface area (Å²) in [6.45, 7) is 2.11. The molecule has 2 aromatic rings. The summed E-state index contributed by atoms with van der Waals surface area (Å²) in [4.78, 5) is 18.7. The molecule has 23 heavy (non-hydrogen) atoms. The number of carbonyl (C=O) groups is 1. The zero-order chi connectivity index (χ0) is 16.2. The van der Waals surface area contributed by atoms with Crippen LogP contribution in [0.15, 0.2) is 30.6 Å². The minimum absolute atomic E-state index is 0.181. The number of amides is 1. The van der Waals surface area contributed by atoms with E-state index < -0.39 is 0 Å². The molecule has 7 heteroatoms. The van der Waals surface area contributed by atoms with Crippen LogP contribution in [0, 0.1) is 0 Å². The van der Waals surface area contributed by atoms with Gasteiger partial charge in [0.05, 0.1) is 30.1 Å². The van der Waals surface area contributed by atoms with Crippen LogP contribution in [0.4, 0.5) is 5.82 Å². The maximum absolute atomic E-state index is 12.4. The highest BCUT2D eigenvalue weighted by atomic mass is 16.5. The van der Waals surface area contributed by atoms with Crippen molar-refractivity contribution in [2.24, 2.45) is 0 Å². The van der Waals surface area contributed by atoms with Gasteiger partial charge in [0.2, 0.25) is 0 Å². The Balaban J connectivity index is 1.68. The van der Waals surface area contributed by atoms with E-state index in [1.807, 2.05) is 29.7 Å². The molecule has 0 unspecified atom stereocenters.